The van der Waals surface area contributed by atoms with E-state index in [1.54, 1.807) is 6.07 Å². The number of nitrogens with zero attached hydrogens (tertiary/aromatic N) is 1. The summed E-state index contributed by atoms with van der Waals surface area (Å²) in [6, 6.07) is 10.2. The number of benzene rings is 3. The van der Waals surface area contributed by atoms with Gasteiger partial charge in [0.25, 0.3) is 5.69 Å². The molecule has 0 saturated carbocycles. The van der Waals surface area contributed by atoms with Crippen molar-refractivity contribution in [1.82, 2.24) is 0 Å². The number of ether oxygens (including phenoxy) is 1. The number of anilines is 3. The lowest BCUT2D eigenvalue weighted by Gasteiger charge is -2.14. The zero-order chi connectivity index (χ0) is 23.5. The molecule has 0 heterocycles. The number of nitrogen functional groups attached to an aromatic ring is 1. The van der Waals surface area contributed by atoms with Crippen molar-refractivity contribution in [3.8, 4) is 11.5 Å². The van der Waals surface area contributed by atoms with Crippen LogP contribution in [0.2, 0.25) is 0 Å². The second-order valence-electron chi connectivity index (χ2n) is 6.35. The molecule has 3 aromatic rings. The lowest BCUT2D eigenvalue weighted by atomic mass is 10.2. The summed E-state index contributed by atoms with van der Waals surface area (Å²) < 4.78 is 57.9. The van der Waals surface area contributed by atoms with Crippen molar-refractivity contribution < 1.29 is 32.0 Å². The predicted octanol–water partition coefficient (Wildman–Crippen LogP) is 5.77. The number of nitrogens with two attached hydrogens (primary N) is 1. The van der Waals surface area contributed by atoms with Gasteiger partial charge in [0.05, 0.1) is 27.9 Å². The van der Waals surface area contributed by atoms with Gasteiger partial charge in [-0.05, 0) is 42.5 Å². The minimum absolute atomic E-state index is 0.0458. The fourth-order valence-electron chi connectivity index (χ4n) is 2.60. The van der Waals surface area contributed by atoms with Crippen molar-refractivity contribution in [2.24, 2.45) is 0 Å². The second kappa shape index (κ2) is 8.79. The van der Waals surface area contributed by atoms with Crippen LogP contribution in [-0.4, -0.2) is 11.0 Å². The normalized spacial score (nSPS) is 11.0. The van der Waals surface area contributed by atoms with Crippen molar-refractivity contribution in [2.45, 2.75) is 6.18 Å². The van der Waals surface area contributed by atoms with Crippen LogP contribution in [0.1, 0.15) is 5.56 Å². The van der Waals surface area contributed by atoms with Crippen molar-refractivity contribution in [1.29, 1.82) is 0 Å². The van der Waals surface area contributed by atoms with Gasteiger partial charge in [-0.2, -0.15) is 13.2 Å². The Kier molecular flexibility index (Phi) is 6.14. The fourth-order valence-corrected chi connectivity index (χ4v) is 2.60. The van der Waals surface area contributed by atoms with Gasteiger partial charge < -0.3 is 21.1 Å². The summed E-state index contributed by atoms with van der Waals surface area (Å²) in [6.07, 6.45) is -4.72. The lowest BCUT2D eigenvalue weighted by molar-refractivity contribution is -0.384. The van der Waals surface area contributed by atoms with E-state index in [9.17, 15) is 32.5 Å². The molecule has 12 heteroatoms. The number of nitrogens with one attached hydrogen (secondary N) is 2. The number of halogens is 4. The van der Waals surface area contributed by atoms with Crippen LogP contribution in [0.3, 0.4) is 0 Å². The number of nitro benzene ring substituents is 1. The Morgan fingerprint density at radius 1 is 1.00 bits per heavy atom. The highest BCUT2D eigenvalue weighted by Gasteiger charge is 2.31. The Morgan fingerprint density at radius 3 is 2.38 bits per heavy atom. The molecule has 0 aliphatic rings. The third-order valence-corrected chi connectivity index (χ3v) is 4.10. The molecule has 3 rings (SSSR count). The summed E-state index contributed by atoms with van der Waals surface area (Å²) in [7, 11) is 0. The summed E-state index contributed by atoms with van der Waals surface area (Å²) >= 11 is 0. The predicted molar refractivity (Wildman–Crippen MR) is 108 cm³/mol. The minimum atomic E-state index is -4.72. The zero-order valence-electron chi connectivity index (χ0n) is 15.9. The number of carbonyl (C=O) groups excluding carboxylic acids is 1. The van der Waals surface area contributed by atoms with Crippen molar-refractivity contribution in [3.05, 3.63) is 82.2 Å². The zero-order valence-corrected chi connectivity index (χ0v) is 15.9. The van der Waals surface area contributed by atoms with E-state index in [1.807, 2.05) is 5.32 Å². The van der Waals surface area contributed by atoms with E-state index in [2.05, 4.69) is 5.32 Å². The third kappa shape index (κ3) is 5.22. The first-order valence-corrected chi connectivity index (χ1v) is 8.80. The lowest BCUT2D eigenvalue weighted by Crippen LogP contribution is -2.21. The van der Waals surface area contributed by atoms with E-state index in [4.69, 9.17) is 10.5 Å². The molecule has 0 radical (unpaired) electrons. The first-order valence-electron chi connectivity index (χ1n) is 8.80. The van der Waals surface area contributed by atoms with Crippen LogP contribution in [0, 0.1) is 15.9 Å². The Bertz CT molecular complexity index is 1180. The van der Waals surface area contributed by atoms with E-state index >= 15 is 0 Å². The van der Waals surface area contributed by atoms with Crippen LogP contribution in [0.15, 0.2) is 60.7 Å². The highest BCUT2D eigenvalue weighted by molar-refractivity contribution is 6.00. The van der Waals surface area contributed by atoms with E-state index in [0.717, 1.165) is 6.07 Å². The molecule has 166 valence electrons. The standard InChI is InChI=1S/C20H14F4N4O4/c21-13-7-5-11(20(22,23)24)9-16(13)27-19(29)26-15-3-1-2-4-18(15)32-12-6-8-14(25)17(10-12)28(30)31/h1-10H,25H2,(H2,26,27,29). The summed E-state index contributed by atoms with van der Waals surface area (Å²) in [5.41, 5.74) is 3.34. The first-order chi connectivity index (χ1) is 15.0. The Balaban J connectivity index is 1.79. The summed E-state index contributed by atoms with van der Waals surface area (Å²) in [5, 5.41) is 15.4. The number of hydrogen-bond donors (Lipinski definition) is 3. The van der Waals surface area contributed by atoms with E-state index in [-0.39, 0.29) is 28.6 Å². The average molecular weight is 450 g/mol. The fraction of sp³-hybridized carbons (Fsp3) is 0.0500. The molecule has 2 amide bonds. The minimum Gasteiger partial charge on any atom is -0.455 e. The summed E-state index contributed by atoms with van der Waals surface area (Å²) in [5.74, 6) is -0.956. The molecule has 0 aromatic heterocycles. The van der Waals surface area contributed by atoms with Gasteiger partial charge in [0.2, 0.25) is 0 Å². The van der Waals surface area contributed by atoms with Crippen molar-refractivity contribution in [2.75, 3.05) is 16.4 Å². The third-order valence-electron chi connectivity index (χ3n) is 4.10. The molecule has 0 saturated heterocycles. The molecule has 0 fully saturated rings. The Labute approximate surface area is 177 Å². The molecule has 3 aromatic carbocycles. The summed E-state index contributed by atoms with van der Waals surface area (Å²) in [6.45, 7) is 0. The van der Waals surface area contributed by atoms with Gasteiger partial charge in [0, 0.05) is 0 Å². The second-order valence-corrected chi connectivity index (χ2v) is 6.35. The van der Waals surface area contributed by atoms with Gasteiger partial charge in [-0.25, -0.2) is 9.18 Å². The monoisotopic (exact) mass is 450 g/mol. The molecule has 4 N–H and O–H groups in total. The number of amides is 2. The van der Waals surface area contributed by atoms with Gasteiger partial charge in [-0.15, -0.1) is 0 Å². The van der Waals surface area contributed by atoms with Gasteiger partial charge in [-0.1, -0.05) is 12.1 Å². The summed E-state index contributed by atoms with van der Waals surface area (Å²) in [4.78, 5) is 22.6. The number of urea groups is 1. The number of hydrogen-bond acceptors (Lipinski definition) is 5. The maximum absolute atomic E-state index is 13.9. The van der Waals surface area contributed by atoms with Crippen LogP contribution >= 0.6 is 0 Å². The SMILES string of the molecule is Nc1ccc(Oc2ccccc2NC(=O)Nc2cc(C(F)(F)F)ccc2F)cc1[N+](=O)[O-]. The largest absolute Gasteiger partial charge is 0.455 e. The van der Waals surface area contributed by atoms with Crippen LogP contribution in [0.5, 0.6) is 11.5 Å². The van der Waals surface area contributed by atoms with Gasteiger partial charge in [0.1, 0.15) is 17.3 Å². The molecular formula is C20H14F4N4O4. The molecule has 0 aliphatic carbocycles. The van der Waals surface area contributed by atoms with Crippen LogP contribution in [-0.2, 0) is 6.18 Å². The van der Waals surface area contributed by atoms with Crippen LogP contribution in [0.4, 0.5) is 45.1 Å². The number of rotatable bonds is 5. The molecule has 8 nitrogen and oxygen atoms in total. The highest BCUT2D eigenvalue weighted by Crippen LogP contribution is 2.34. The number of para-hydroxylation sites is 2. The number of carbonyl (C=O) groups is 1. The van der Waals surface area contributed by atoms with Crippen molar-refractivity contribution >= 4 is 28.8 Å². The molecule has 0 unspecified atom stereocenters. The van der Waals surface area contributed by atoms with Crippen LogP contribution < -0.4 is 21.1 Å². The van der Waals surface area contributed by atoms with Crippen molar-refractivity contribution in [3.63, 3.8) is 0 Å². The van der Waals surface area contributed by atoms with Gasteiger partial charge >= 0.3 is 12.2 Å². The molecule has 0 bridgehead atoms. The molecule has 0 atom stereocenters. The molecule has 0 aliphatic heterocycles. The van der Waals surface area contributed by atoms with E-state index in [0.29, 0.717) is 18.2 Å². The molecule has 32 heavy (non-hydrogen) atoms. The topological polar surface area (TPSA) is 120 Å². The Morgan fingerprint density at radius 2 is 1.69 bits per heavy atom. The van der Waals surface area contributed by atoms with Crippen LogP contribution in [0.25, 0.3) is 0 Å². The molecular weight excluding hydrogens is 436 g/mol. The number of nitro groups is 1. The molecule has 0 spiro atoms. The highest BCUT2D eigenvalue weighted by atomic mass is 19.4. The number of alkyl halides is 3. The average Bonchev–Trinajstić information content (AvgIpc) is 2.71. The maximum Gasteiger partial charge on any atom is 0.416 e. The quantitative estimate of drug-likeness (QED) is 0.197. The van der Waals surface area contributed by atoms with E-state index in [1.165, 1.54) is 30.3 Å². The van der Waals surface area contributed by atoms with E-state index < -0.39 is 34.2 Å². The first kappa shape index (κ1) is 22.3. The maximum atomic E-state index is 13.9. The smallest absolute Gasteiger partial charge is 0.416 e. The van der Waals surface area contributed by atoms with Gasteiger partial charge in [0.15, 0.2) is 5.75 Å². The van der Waals surface area contributed by atoms with Gasteiger partial charge in [-0.3, -0.25) is 10.1 Å². The Hall–Kier alpha value is -4.35.